The van der Waals surface area contributed by atoms with Crippen molar-refractivity contribution in [2.24, 2.45) is 0 Å². The molecule has 0 heterocycles. The highest BCUT2D eigenvalue weighted by atomic mass is 32.2. The summed E-state index contributed by atoms with van der Waals surface area (Å²) in [4.78, 5) is 12.4. The molecule has 1 atom stereocenters. The summed E-state index contributed by atoms with van der Waals surface area (Å²) in [6.45, 7) is 6.82. The Morgan fingerprint density at radius 1 is 1.03 bits per heavy atom. The predicted octanol–water partition coefficient (Wildman–Crippen LogP) is 2.96. The third kappa shape index (κ3) is 7.06. The molecule has 0 spiro atoms. The Morgan fingerprint density at radius 2 is 1.65 bits per heavy atom. The fraction of sp³-hybridized carbons (Fsp3) is 0.409. The summed E-state index contributed by atoms with van der Waals surface area (Å²) in [6.07, 6.45) is 0.401. The number of hydrogen-bond donors (Lipinski definition) is 1. The van der Waals surface area contributed by atoms with E-state index in [1.54, 1.807) is 31.2 Å². The number of amides is 1. The van der Waals surface area contributed by atoms with Crippen LogP contribution in [0.25, 0.3) is 0 Å². The highest BCUT2D eigenvalue weighted by Crippen LogP contribution is 2.28. The number of rotatable bonds is 11. The zero-order chi connectivity index (χ0) is 23.0. The summed E-state index contributed by atoms with van der Waals surface area (Å²) in [5, 5.41) is 2.84. The number of nitrogens with zero attached hydrogens (tertiary/aromatic N) is 1. The van der Waals surface area contributed by atoms with E-state index in [1.165, 1.54) is 11.4 Å². The summed E-state index contributed by atoms with van der Waals surface area (Å²) >= 11 is 0. The third-order valence-corrected chi connectivity index (χ3v) is 5.66. The van der Waals surface area contributed by atoms with Gasteiger partial charge < -0.3 is 19.5 Å². The Bertz CT molecular complexity index is 976. The fourth-order valence-corrected chi connectivity index (χ4v) is 3.23. The molecule has 0 fully saturated rings. The zero-order valence-corrected chi connectivity index (χ0v) is 19.4. The summed E-state index contributed by atoms with van der Waals surface area (Å²) in [5.41, 5.74) is 1.38. The Morgan fingerprint density at radius 3 is 2.23 bits per heavy atom. The van der Waals surface area contributed by atoms with Gasteiger partial charge in [0.1, 0.15) is 5.75 Å². The normalized spacial score (nSPS) is 12.0. The first-order chi connectivity index (χ1) is 14.7. The Balaban J connectivity index is 1.95. The van der Waals surface area contributed by atoms with E-state index in [1.807, 2.05) is 32.0 Å². The van der Waals surface area contributed by atoms with E-state index in [9.17, 15) is 13.2 Å². The molecule has 0 saturated carbocycles. The zero-order valence-electron chi connectivity index (χ0n) is 18.5. The maximum Gasteiger partial charge on any atom is 0.261 e. The van der Waals surface area contributed by atoms with E-state index in [2.05, 4.69) is 5.32 Å². The third-order valence-electron chi connectivity index (χ3n) is 4.45. The topological polar surface area (TPSA) is 94.2 Å². The largest absolute Gasteiger partial charge is 0.490 e. The number of nitrogens with one attached hydrogen (secondary N) is 1. The number of benzene rings is 2. The van der Waals surface area contributed by atoms with Gasteiger partial charge >= 0.3 is 0 Å². The first kappa shape index (κ1) is 24.3. The summed E-state index contributed by atoms with van der Waals surface area (Å²) < 4.78 is 41.2. The molecule has 0 aliphatic carbocycles. The van der Waals surface area contributed by atoms with Crippen molar-refractivity contribution in [1.29, 1.82) is 0 Å². The molecule has 170 valence electrons. The number of carbonyl (C=O) groups excluding carboxylic acids is 1. The van der Waals surface area contributed by atoms with Crippen LogP contribution in [0.1, 0.15) is 26.3 Å². The van der Waals surface area contributed by atoms with Gasteiger partial charge in [-0.05, 0) is 62.7 Å². The van der Waals surface area contributed by atoms with E-state index in [-0.39, 0.29) is 5.91 Å². The minimum Gasteiger partial charge on any atom is -0.490 e. The second-order valence-corrected chi connectivity index (χ2v) is 8.86. The lowest BCUT2D eigenvalue weighted by molar-refractivity contribution is -0.127. The minimum absolute atomic E-state index is 0.274. The van der Waals surface area contributed by atoms with Gasteiger partial charge in [-0.1, -0.05) is 6.07 Å². The molecule has 8 nitrogen and oxygen atoms in total. The fourth-order valence-electron chi connectivity index (χ4n) is 2.72. The lowest BCUT2D eigenvalue weighted by Gasteiger charge is -2.18. The van der Waals surface area contributed by atoms with E-state index < -0.39 is 16.1 Å². The van der Waals surface area contributed by atoms with Gasteiger partial charge in [-0.25, -0.2) is 8.42 Å². The number of anilines is 1. The lowest BCUT2D eigenvalue weighted by Crippen LogP contribution is -2.35. The van der Waals surface area contributed by atoms with Gasteiger partial charge in [0.2, 0.25) is 10.0 Å². The molecular formula is C22H30N2O6S. The van der Waals surface area contributed by atoms with Crippen molar-refractivity contribution in [3.8, 4) is 17.2 Å². The predicted molar refractivity (Wildman–Crippen MR) is 120 cm³/mol. The van der Waals surface area contributed by atoms with Crippen molar-refractivity contribution < 1.29 is 27.4 Å². The maximum absolute atomic E-state index is 12.4. The quantitative estimate of drug-likeness (QED) is 0.566. The van der Waals surface area contributed by atoms with Crippen molar-refractivity contribution in [3.05, 3.63) is 48.0 Å². The molecule has 0 saturated heterocycles. The second kappa shape index (κ2) is 10.9. The van der Waals surface area contributed by atoms with Crippen LogP contribution in [0.5, 0.6) is 17.2 Å². The molecular weight excluding hydrogens is 420 g/mol. The van der Waals surface area contributed by atoms with Crippen LogP contribution in [0.2, 0.25) is 0 Å². The first-order valence-electron chi connectivity index (χ1n) is 10.0. The molecule has 0 aliphatic heterocycles. The standard InChI is InChI=1S/C22H30N2O6S/c1-6-28-20-13-8-17(14-21(20)29-7-2)15-23-22(25)16(3)30-19-11-9-18(10-12-19)24(4)31(5,26)27/h8-14,16H,6-7,15H2,1-5H3,(H,23,25)/t16-/m1/s1. The number of ether oxygens (including phenoxy) is 3. The Labute approximate surface area is 184 Å². The molecule has 0 radical (unpaired) electrons. The smallest absolute Gasteiger partial charge is 0.261 e. The van der Waals surface area contributed by atoms with Crippen molar-refractivity contribution in [1.82, 2.24) is 5.32 Å². The molecule has 1 N–H and O–H groups in total. The van der Waals surface area contributed by atoms with Crippen molar-refractivity contribution in [3.63, 3.8) is 0 Å². The van der Waals surface area contributed by atoms with Crippen LogP contribution < -0.4 is 23.8 Å². The van der Waals surface area contributed by atoms with Crippen LogP contribution in [-0.2, 0) is 21.4 Å². The van der Waals surface area contributed by atoms with E-state index in [0.29, 0.717) is 42.7 Å². The van der Waals surface area contributed by atoms with Crippen LogP contribution in [0.3, 0.4) is 0 Å². The van der Waals surface area contributed by atoms with Gasteiger partial charge in [0.15, 0.2) is 17.6 Å². The van der Waals surface area contributed by atoms with Gasteiger partial charge in [-0.15, -0.1) is 0 Å². The van der Waals surface area contributed by atoms with Crippen LogP contribution in [-0.4, -0.2) is 46.9 Å². The van der Waals surface area contributed by atoms with Crippen LogP contribution >= 0.6 is 0 Å². The van der Waals surface area contributed by atoms with Crippen LogP contribution in [0.15, 0.2) is 42.5 Å². The Kier molecular flexibility index (Phi) is 8.56. The molecule has 0 unspecified atom stereocenters. The highest BCUT2D eigenvalue weighted by molar-refractivity contribution is 7.92. The monoisotopic (exact) mass is 450 g/mol. The van der Waals surface area contributed by atoms with Crippen molar-refractivity contribution >= 4 is 21.6 Å². The van der Waals surface area contributed by atoms with Crippen LogP contribution in [0, 0.1) is 0 Å². The van der Waals surface area contributed by atoms with Gasteiger partial charge in [0.05, 0.1) is 25.2 Å². The van der Waals surface area contributed by atoms with Crippen molar-refractivity contribution in [2.75, 3.05) is 30.8 Å². The molecule has 0 bridgehead atoms. The summed E-state index contributed by atoms with van der Waals surface area (Å²) in [5.74, 6) is 1.50. The van der Waals surface area contributed by atoms with E-state index in [0.717, 1.165) is 11.8 Å². The van der Waals surface area contributed by atoms with Gasteiger partial charge in [0, 0.05) is 13.6 Å². The number of hydrogen-bond acceptors (Lipinski definition) is 6. The van der Waals surface area contributed by atoms with Crippen molar-refractivity contribution in [2.45, 2.75) is 33.4 Å². The lowest BCUT2D eigenvalue weighted by atomic mass is 10.2. The average molecular weight is 451 g/mol. The summed E-state index contributed by atoms with van der Waals surface area (Å²) in [7, 11) is -1.87. The molecule has 31 heavy (non-hydrogen) atoms. The highest BCUT2D eigenvalue weighted by Gasteiger charge is 2.16. The Hall–Kier alpha value is -2.94. The number of carbonyl (C=O) groups is 1. The van der Waals surface area contributed by atoms with E-state index >= 15 is 0 Å². The second-order valence-electron chi connectivity index (χ2n) is 6.85. The van der Waals surface area contributed by atoms with Crippen LogP contribution in [0.4, 0.5) is 5.69 Å². The van der Waals surface area contributed by atoms with E-state index in [4.69, 9.17) is 14.2 Å². The molecule has 9 heteroatoms. The molecule has 0 aromatic heterocycles. The average Bonchev–Trinajstić information content (AvgIpc) is 2.73. The van der Waals surface area contributed by atoms with Gasteiger partial charge in [-0.2, -0.15) is 0 Å². The van der Waals surface area contributed by atoms with Gasteiger partial charge in [-0.3, -0.25) is 9.10 Å². The molecule has 2 aromatic carbocycles. The molecule has 2 aromatic rings. The maximum atomic E-state index is 12.4. The minimum atomic E-state index is -3.34. The molecule has 1 amide bonds. The summed E-state index contributed by atoms with van der Waals surface area (Å²) in [6, 6.07) is 12.0. The molecule has 2 rings (SSSR count). The SMILES string of the molecule is CCOc1ccc(CNC(=O)[C@@H](C)Oc2ccc(N(C)S(C)(=O)=O)cc2)cc1OCC. The van der Waals surface area contributed by atoms with Gasteiger partial charge in [0.25, 0.3) is 5.91 Å². The first-order valence-corrected chi connectivity index (χ1v) is 11.9. The number of sulfonamides is 1. The molecule has 0 aliphatic rings.